The molecular weight excluding hydrogens is 674 g/mol. The predicted molar refractivity (Wildman–Crippen MR) is 175 cm³/mol. The van der Waals surface area contributed by atoms with Gasteiger partial charge in [-0.25, -0.2) is 9.59 Å². The largest absolute Gasteiger partial charge is 0.493 e. The minimum atomic E-state index is -1.18. The Kier molecular flexibility index (Phi) is 12.0. The normalized spacial score (nSPS) is 14.8. The van der Waals surface area contributed by atoms with E-state index in [2.05, 4.69) is 43.2 Å². The number of nitrogens with zero attached hydrogens (tertiary/aromatic N) is 2. The molecule has 0 saturated carbocycles. The number of methoxy groups -OCH3 is 2. The number of nitrogens with one attached hydrogen (secondary N) is 3. The number of allylic oxidation sites excluding steroid dienone is 1. The Morgan fingerprint density at radius 2 is 1.87 bits per heavy atom. The van der Waals surface area contributed by atoms with Gasteiger partial charge in [0.25, 0.3) is 0 Å². The van der Waals surface area contributed by atoms with E-state index in [1.165, 1.54) is 20.4 Å². The lowest BCUT2D eigenvalue weighted by atomic mass is 9.95. The zero-order chi connectivity index (χ0) is 33.9. The summed E-state index contributed by atoms with van der Waals surface area (Å²) in [6, 6.07) is 16.5. The third kappa shape index (κ3) is 8.93. The van der Waals surface area contributed by atoms with Crippen LogP contribution in [0.25, 0.3) is 0 Å². The minimum absolute atomic E-state index is 0.178. The van der Waals surface area contributed by atoms with E-state index >= 15 is 0 Å². The summed E-state index contributed by atoms with van der Waals surface area (Å²) in [5.41, 5.74) is 5.96. The average Bonchev–Trinajstić information content (AvgIpc) is 3.06. The summed E-state index contributed by atoms with van der Waals surface area (Å²) in [6.45, 7) is 3.84. The van der Waals surface area contributed by atoms with Crippen LogP contribution in [0.1, 0.15) is 42.1 Å². The molecule has 2 amide bonds. The topological polar surface area (TPSA) is 173 Å². The Morgan fingerprint density at radius 3 is 2.55 bits per heavy atom. The van der Waals surface area contributed by atoms with Gasteiger partial charge < -0.3 is 39.4 Å². The van der Waals surface area contributed by atoms with Gasteiger partial charge >= 0.3 is 12.0 Å². The predicted octanol–water partition coefficient (Wildman–Crippen LogP) is 4.43. The number of rotatable bonds is 14. The number of amides is 2. The molecule has 0 spiro atoms. The number of hydrogen-bond acceptors (Lipinski definition) is 11. The summed E-state index contributed by atoms with van der Waals surface area (Å²) >= 11 is 3.52. The number of hydrazone groups is 1. The van der Waals surface area contributed by atoms with Crippen LogP contribution in [-0.4, -0.2) is 57.0 Å². The Labute approximate surface area is 280 Å². The van der Waals surface area contributed by atoms with Crippen molar-refractivity contribution < 1.29 is 38.4 Å². The first-order valence-corrected chi connectivity index (χ1v) is 15.2. The van der Waals surface area contributed by atoms with Gasteiger partial charge in [-0.05, 0) is 82.9 Å². The fourth-order valence-corrected chi connectivity index (χ4v) is 5.18. The maximum absolute atomic E-state index is 12.5. The fourth-order valence-electron chi connectivity index (χ4n) is 4.61. The average molecular weight is 709 g/mol. The third-order valence-corrected chi connectivity index (χ3v) is 7.42. The summed E-state index contributed by atoms with van der Waals surface area (Å²) in [6.07, 6.45) is 0.323. The fraction of sp³-hybridized carbons (Fsp3) is 0.273. The molecule has 0 bridgehead atoms. The van der Waals surface area contributed by atoms with Gasteiger partial charge in [-0.2, -0.15) is 10.4 Å². The van der Waals surface area contributed by atoms with Gasteiger partial charge in [-0.3, -0.25) is 5.43 Å². The number of urea groups is 1. The lowest BCUT2D eigenvalue weighted by molar-refractivity contribution is -0.136. The van der Waals surface area contributed by atoms with Crippen LogP contribution >= 0.6 is 15.9 Å². The molecule has 4 rings (SSSR count). The molecule has 0 unspecified atom stereocenters. The quantitative estimate of drug-likeness (QED) is 0.0813. The van der Waals surface area contributed by atoms with Crippen molar-refractivity contribution in [3.63, 3.8) is 0 Å². The van der Waals surface area contributed by atoms with Crippen LogP contribution in [0.15, 0.2) is 75.4 Å². The lowest BCUT2D eigenvalue weighted by Gasteiger charge is -2.28. The van der Waals surface area contributed by atoms with Crippen molar-refractivity contribution in [1.29, 1.82) is 5.26 Å². The molecule has 1 aliphatic heterocycles. The molecular formula is C33H34BrN5O8. The molecule has 13 nitrogen and oxygen atoms in total. The SMILES string of the molecule is CCOc1cc([C@H]2NC(=O)NC(C)=C2C(=O)OC)ccc1OC[C@H](O)N/N=C/c1cc(Br)c(OCc2ccc(C#N)cc2)c(OC)c1. The molecule has 0 fully saturated rings. The number of aliphatic hydroxyl groups excluding tert-OH is 1. The van der Waals surface area contributed by atoms with Crippen LogP contribution in [0.2, 0.25) is 0 Å². The number of esters is 1. The van der Waals surface area contributed by atoms with Crippen LogP contribution in [-0.2, 0) is 16.1 Å². The molecule has 0 aromatic heterocycles. The van der Waals surface area contributed by atoms with E-state index in [-0.39, 0.29) is 18.8 Å². The number of carbonyl (C=O) groups excluding carboxylic acids is 2. The van der Waals surface area contributed by atoms with Crippen molar-refractivity contribution in [1.82, 2.24) is 16.1 Å². The second kappa shape index (κ2) is 16.3. The van der Waals surface area contributed by atoms with Gasteiger partial charge in [0.15, 0.2) is 29.2 Å². The molecule has 2 atom stereocenters. The second-order valence-electron chi connectivity index (χ2n) is 10.0. The molecule has 0 saturated heterocycles. The molecule has 1 aliphatic rings. The number of aliphatic hydroxyl groups is 1. The maximum atomic E-state index is 12.5. The third-order valence-electron chi connectivity index (χ3n) is 6.83. The van der Waals surface area contributed by atoms with E-state index in [1.807, 2.05) is 12.1 Å². The highest BCUT2D eigenvalue weighted by Crippen LogP contribution is 2.37. The highest BCUT2D eigenvalue weighted by molar-refractivity contribution is 9.10. The van der Waals surface area contributed by atoms with Gasteiger partial charge in [0.1, 0.15) is 13.2 Å². The maximum Gasteiger partial charge on any atom is 0.337 e. The number of hydrogen-bond donors (Lipinski definition) is 4. The van der Waals surface area contributed by atoms with E-state index < -0.39 is 24.3 Å². The number of benzene rings is 3. The molecule has 0 radical (unpaired) electrons. The Balaban J connectivity index is 1.38. The van der Waals surface area contributed by atoms with Crippen LogP contribution in [0.5, 0.6) is 23.0 Å². The van der Waals surface area contributed by atoms with Crippen molar-refractivity contribution in [3.8, 4) is 29.1 Å². The van der Waals surface area contributed by atoms with Crippen LogP contribution < -0.4 is 35.0 Å². The Morgan fingerprint density at radius 1 is 1.11 bits per heavy atom. The van der Waals surface area contributed by atoms with Crippen molar-refractivity contribution in [3.05, 3.63) is 92.6 Å². The molecule has 3 aromatic rings. The smallest absolute Gasteiger partial charge is 0.337 e. The van der Waals surface area contributed by atoms with E-state index in [4.69, 9.17) is 28.9 Å². The van der Waals surface area contributed by atoms with E-state index in [0.717, 1.165) is 5.56 Å². The Hall–Kier alpha value is -5.26. The summed E-state index contributed by atoms with van der Waals surface area (Å²) in [5.74, 6) is 1.09. The molecule has 47 heavy (non-hydrogen) atoms. The zero-order valence-corrected chi connectivity index (χ0v) is 27.7. The molecule has 14 heteroatoms. The van der Waals surface area contributed by atoms with Gasteiger partial charge in [-0.1, -0.05) is 18.2 Å². The van der Waals surface area contributed by atoms with E-state index in [1.54, 1.807) is 56.3 Å². The second-order valence-corrected chi connectivity index (χ2v) is 10.9. The standard InChI is InChI=1S/C33H34BrN5O8/c1-5-45-26-14-23(30-29(32(41)44-4)19(2)37-33(42)38-30)10-11-25(26)46-18-28(40)39-36-16-22-12-24(34)31(27(13-22)43-3)47-17-21-8-6-20(15-35)7-9-21/h6-14,16,28,30,39-40H,5,17-18H2,1-4H3,(H2,37,38,42)/b36-16+/t28-,30+/m0/s1. The van der Waals surface area contributed by atoms with Gasteiger partial charge in [-0.15, -0.1) is 0 Å². The van der Waals surface area contributed by atoms with E-state index in [0.29, 0.717) is 56.5 Å². The molecule has 0 aliphatic carbocycles. The highest BCUT2D eigenvalue weighted by Gasteiger charge is 2.32. The molecule has 1 heterocycles. The number of halogens is 1. The summed E-state index contributed by atoms with van der Waals surface area (Å²) in [5, 5.41) is 28.9. The van der Waals surface area contributed by atoms with E-state index in [9.17, 15) is 14.7 Å². The molecule has 3 aromatic carbocycles. The minimum Gasteiger partial charge on any atom is -0.493 e. The summed E-state index contributed by atoms with van der Waals surface area (Å²) < 4.78 is 28.6. The molecule has 4 N–H and O–H groups in total. The number of nitriles is 1. The first-order valence-electron chi connectivity index (χ1n) is 14.4. The zero-order valence-electron chi connectivity index (χ0n) is 26.1. The Bertz CT molecular complexity index is 1700. The van der Waals surface area contributed by atoms with Crippen molar-refractivity contribution >= 4 is 34.1 Å². The van der Waals surface area contributed by atoms with Crippen molar-refractivity contribution in [2.75, 3.05) is 27.4 Å². The number of carbonyl (C=O) groups is 2. The summed E-state index contributed by atoms with van der Waals surface area (Å²) in [4.78, 5) is 24.6. The molecule has 246 valence electrons. The first-order chi connectivity index (χ1) is 22.7. The monoisotopic (exact) mass is 707 g/mol. The first kappa shape index (κ1) is 34.6. The van der Waals surface area contributed by atoms with Crippen LogP contribution in [0.3, 0.4) is 0 Å². The van der Waals surface area contributed by atoms with Crippen molar-refractivity contribution in [2.24, 2.45) is 5.10 Å². The lowest BCUT2D eigenvalue weighted by Crippen LogP contribution is -2.45. The van der Waals surface area contributed by atoms with Crippen LogP contribution in [0, 0.1) is 11.3 Å². The van der Waals surface area contributed by atoms with Crippen molar-refractivity contribution in [2.45, 2.75) is 32.7 Å². The van der Waals surface area contributed by atoms with Crippen LogP contribution in [0.4, 0.5) is 4.79 Å². The van der Waals surface area contributed by atoms with Gasteiger partial charge in [0.2, 0.25) is 0 Å². The van der Waals surface area contributed by atoms with Gasteiger partial charge in [0.05, 0.1) is 54.8 Å². The highest BCUT2D eigenvalue weighted by atomic mass is 79.9. The summed E-state index contributed by atoms with van der Waals surface area (Å²) in [7, 11) is 2.79. The van der Waals surface area contributed by atoms with Gasteiger partial charge in [0, 0.05) is 5.70 Å². The number of ether oxygens (including phenoxy) is 5.